The highest BCUT2D eigenvalue weighted by Gasteiger charge is 2.49. The van der Waals surface area contributed by atoms with E-state index in [9.17, 15) is 9.18 Å². The number of aromatic nitrogens is 3. The Morgan fingerprint density at radius 1 is 1.19 bits per heavy atom. The highest BCUT2D eigenvalue weighted by molar-refractivity contribution is 6.32. The fraction of sp³-hybridized carbons (Fsp3) is 0.590. The molecular formula is C39H47ClF2N8O3. The molecule has 2 bridgehead atoms. The number of rotatable bonds is 11. The highest BCUT2D eigenvalue weighted by atomic mass is 35.5. The maximum atomic E-state index is 16.9. The SMILES string of the molecule is CNC[C@H]1CN(c2nc(OC[C@@]34CCCN3C[C@H](F)C4)nc3c(F)c(-c4cccc(Cl)c4C4CC4)ncc23)CCN1C(=O)/C=C/CN1C[C@@H]2C[C@H]1CO2. The van der Waals surface area contributed by atoms with Crippen LogP contribution in [-0.2, 0) is 9.53 Å². The monoisotopic (exact) mass is 748 g/mol. The van der Waals surface area contributed by atoms with E-state index in [1.165, 1.54) is 0 Å². The van der Waals surface area contributed by atoms with E-state index >= 15 is 4.39 Å². The first-order valence-corrected chi connectivity index (χ1v) is 19.6. The van der Waals surface area contributed by atoms with E-state index in [4.69, 9.17) is 26.1 Å². The van der Waals surface area contributed by atoms with E-state index in [0.29, 0.717) is 73.1 Å². The molecule has 282 valence electrons. The first-order valence-electron chi connectivity index (χ1n) is 19.2. The van der Waals surface area contributed by atoms with E-state index in [0.717, 1.165) is 63.9 Å². The lowest BCUT2D eigenvalue weighted by molar-refractivity contribution is -0.128. The van der Waals surface area contributed by atoms with Crippen LogP contribution in [0.15, 0.2) is 36.5 Å². The molecule has 6 aliphatic rings. The molecule has 1 aliphatic carbocycles. The minimum atomic E-state index is -0.903. The van der Waals surface area contributed by atoms with Gasteiger partial charge in [-0.2, -0.15) is 9.97 Å². The lowest BCUT2D eigenvalue weighted by Crippen LogP contribution is -2.58. The number of halogens is 3. The molecule has 0 spiro atoms. The van der Waals surface area contributed by atoms with Crippen molar-refractivity contribution in [1.29, 1.82) is 0 Å². The molecule has 7 heterocycles. The summed E-state index contributed by atoms with van der Waals surface area (Å²) in [6.07, 6.45) is 10.0. The van der Waals surface area contributed by atoms with E-state index < -0.39 is 17.5 Å². The maximum Gasteiger partial charge on any atom is 0.319 e. The van der Waals surface area contributed by atoms with Crippen LogP contribution in [0.2, 0.25) is 5.02 Å². The van der Waals surface area contributed by atoms with Crippen molar-refractivity contribution < 1.29 is 23.0 Å². The smallest absolute Gasteiger partial charge is 0.319 e. The van der Waals surface area contributed by atoms with E-state index in [1.54, 1.807) is 12.3 Å². The number of likely N-dealkylation sites (tertiary alicyclic amines) is 1. The van der Waals surface area contributed by atoms with Gasteiger partial charge < -0.3 is 24.6 Å². The Balaban J connectivity index is 1.02. The molecule has 0 unspecified atom stereocenters. The first-order chi connectivity index (χ1) is 25.8. The van der Waals surface area contributed by atoms with Crippen LogP contribution in [0.5, 0.6) is 6.01 Å². The average Bonchev–Trinajstić information content (AvgIpc) is 3.41. The Kier molecular flexibility index (Phi) is 9.50. The summed E-state index contributed by atoms with van der Waals surface area (Å²) in [6.45, 7) is 5.82. The predicted octanol–water partition coefficient (Wildman–Crippen LogP) is 4.58. The van der Waals surface area contributed by atoms with Gasteiger partial charge in [-0.15, -0.1) is 0 Å². The number of alkyl halides is 1. The molecule has 53 heavy (non-hydrogen) atoms. The molecule has 11 nitrogen and oxygen atoms in total. The zero-order chi connectivity index (χ0) is 36.3. The lowest BCUT2D eigenvalue weighted by atomic mass is 9.95. The molecule has 1 aromatic carbocycles. The molecule has 5 atom stereocenters. The van der Waals surface area contributed by atoms with Crippen molar-refractivity contribution in [2.24, 2.45) is 0 Å². The van der Waals surface area contributed by atoms with E-state index in [-0.39, 0.29) is 41.7 Å². The zero-order valence-corrected chi connectivity index (χ0v) is 30.9. The van der Waals surface area contributed by atoms with E-state index in [2.05, 4.69) is 30.0 Å². The molecule has 5 saturated heterocycles. The van der Waals surface area contributed by atoms with Crippen LogP contribution in [0.4, 0.5) is 14.6 Å². The molecule has 1 N–H and O–H groups in total. The second-order valence-electron chi connectivity index (χ2n) is 15.7. The molecule has 14 heteroatoms. The van der Waals surface area contributed by atoms with Gasteiger partial charge in [0.15, 0.2) is 5.82 Å². The molecule has 0 radical (unpaired) electrons. The van der Waals surface area contributed by atoms with Crippen molar-refractivity contribution in [1.82, 2.24) is 35.0 Å². The highest BCUT2D eigenvalue weighted by Crippen LogP contribution is 2.48. The van der Waals surface area contributed by atoms with Crippen molar-refractivity contribution in [3.63, 3.8) is 0 Å². The predicted molar refractivity (Wildman–Crippen MR) is 199 cm³/mol. The minimum absolute atomic E-state index is 0.0319. The lowest BCUT2D eigenvalue weighted by Gasteiger charge is -2.42. The fourth-order valence-corrected chi connectivity index (χ4v) is 9.86. The van der Waals surface area contributed by atoms with Crippen LogP contribution in [0.25, 0.3) is 22.2 Å². The van der Waals surface area contributed by atoms with Crippen molar-refractivity contribution >= 4 is 34.2 Å². The number of piperazine rings is 1. The summed E-state index contributed by atoms with van der Waals surface area (Å²) in [6, 6.07) is 5.85. The van der Waals surface area contributed by atoms with Gasteiger partial charge in [-0.3, -0.25) is 19.6 Å². The summed E-state index contributed by atoms with van der Waals surface area (Å²) in [5.41, 5.74) is 1.47. The van der Waals surface area contributed by atoms with Gasteiger partial charge in [0.1, 0.15) is 29.8 Å². The number of hydrogen-bond donors (Lipinski definition) is 1. The first kappa shape index (κ1) is 35.2. The van der Waals surface area contributed by atoms with Crippen molar-refractivity contribution in [2.45, 2.75) is 74.3 Å². The maximum absolute atomic E-state index is 16.9. The molecule has 3 aromatic rings. The number of fused-ring (bicyclic) bond motifs is 4. The van der Waals surface area contributed by atoms with Gasteiger partial charge in [-0.1, -0.05) is 29.8 Å². The fourth-order valence-electron chi connectivity index (χ4n) is 9.53. The second kappa shape index (κ2) is 14.3. The summed E-state index contributed by atoms with van der Waals surface area (Å²) in [5.74, 6) is 0.185. The number of benzene rings is 1. The molecule has 1 amide bonds. The van der Waals surface area contributed by atoms with Gasteiger partial charge in [-0.25, -0.2) is 8.78 Å². The molecule has 6 fully saturated rings. The number of hydrogen-bond acceptors (Lipinski definition) is 10. The third-order valence-electron chi connectivity index (χ3n) is 12.3. The van der Waals surface area contributed by atoms with Crippen LogP contribution < -0.4 is 15.0 Å². The van der Waals surface area contributed by atoms with Gasteiger partial charge in [0.25, 0.3) is 0 Å². The van der Waals surface area contributed by atoms with Crippen LogP contribution in [-0.4, -0.2) is 138 Å². The number of carbonyl (C=O) groups excluding carboxylic acids is 1. The Morgan fingerprint density at radius 3 is 2.87 bits per heavy atom. The Bertz CT molecular complexity index is 1920. The van der Waals surface area contributed by atoms with Gasteiger partial charge in [0.05, 0.1) is 29.7 Å². The van der Waals surface area contributed by atoms with Gasteiger partial charge in [0, 0.05) is 81.1 Å². The molecule has 5 aliphatic heterocycles. The normalized spacial score (nSPS) is 28.9. The van der Waals surface area contributed by atoms with Crippen molar-refractivity contribution in [3.05, 3.63) is 53.0 Å². The van der Waals surface area contributed by atoms with Gasteiger partial charge >= 0.3 is 6.01 Å². The molecule has 2 aromatic heterocycles. The Labute approximate surface area is 313 Å². The number of morpholine rings is 1. The second-order valence-corrected chi connectivity index (χ2v) is 16.1. The number of carbonyl (C=O) groups is 1. The summed E-state index contributed by atoms with van der Waals surface area (Å²) in [7, 11) is 1.87. The summed E-state index contributed by atoms with van der Waals surface area (Å²) < 4.78 is 43.6. The number of likely N-dealkylation sites (N-methyl/N-ethyl adjacent to an activating group) is 1. The number of amides is 1. The Morgan fingerprint density at radius 2 is 2.08 bits per heavy atom. The molecule has 1 saturated carbocycles. The topological polar surface area (TPSA) is 99.2 Å². The third kappa shape index (κ3) is 6.66. The number of ether oxygens (including phenoxy) is 2. The van der Waals surface area contributed by atoms with Gasteiger partial charge in [0.2, 0.25) is 5.91 Å². The van der Waals surface area contributed by atoms with E-state index in [1.807, 2.05) is 36.2 Å². The van der Waals surface area contributed by atoms with Crippen LogP contribution in [0.1, 0.15) is 50.0 Å². The van der Waals surface area contributed by atoms with Crippen LogP contribution in [0.3, 0.4) is 0 Å². The standard InChI is InChI=1S/C39H47ClF2N8O3/c1-43-17-27-20-48(13-14-50(27)32(51)7-3-11-47-21-28-15-26(47)22-52-28)37-30-18-44-35(29-5-2-6-31(40)33(29)24-8-9-24)34(42)36(30)45-38(46-37)53-23-39-10-4-12-49(39)19-25(41)16-39/h2-3,5-7,18,24-28,43H,4,8-17,19-23H2,1H3/b7-3+/t25-,26+,27+,28+,39+/m1/s1. The largest absolute Gasteiger partial charge is 0.461 e. The zero-order valence-electron chi connectivity index (χ0n) is 30.2. The molecular weight excluding hydrogens is 702 g/mol. The number of anilines is 1. The number of pyridine rings is 1. The Hall–Kier alpha value is -3.49. The van der Waals surface area contributed by atoms with Crippen LogP contribution >= 0.6 is 11.6 Å². The van der Waals surface area contributed by atoms with Crippen molar-refractivity contribution in [3.8, 4) is 17.3 Å². The van der Waals surface area contributed by atoms with Gasteiger partial charge in [-0.05, 0) is 63.2 Å². The summed E-state index contributed by atoms with van der Waals surface area (Å²) >= 11 is 6.66. The average molecular weight is 749 g/mol. The van der Waals surface area contributed by atoms with Crippen LogP contribution in [0, 0.1) is 5.82 Å². The quantitative estimate of drug-likeness (QED) is 0.281. The van der Waals surface area contributed by atoms with Crippen molar-refractivity contribution in [2.75, 3.05) is 77.5 Å². The summed E-state index contributed by atoms with van der Waals surface area (Å²) in [4.78, 5) is 36.4. The molecule has 9 rings (SSSR count). The number of nitrogens with zero attached hydrogens (tertiary/aromatic N) is 7. The third-order valence-corrected chi connectivity index (χ3v) is 12.6. The minimum Gasteiger partial charge on any atom is -0.461 e. The summed E-state index contributed by atoms with van der Waals surface area (Å²) in [5, 5.41) is 4.33. The number of nitrogens with one attached hydrogen (secondary N) is 1.